The van der Waals surface area contributed by atoms with Crippen molar-refractivity contribution in [2.75, 3.05) is 6.61 Å². The van der Waals surface area contributed by atoms with E-state index in [0.717, 1.165) is 12.3 Å². The molecule has 0 bridgehead atoms. The number of fused-ring (bicyclic) bond motifs is 1. The normalized spacial score (nSPS) is 21.0. The summed E-state index contributed by atoms with van der Waals surface area (Å²) in [6.45, 7) is 7.67. The largest absolute Gasteiger partial charge is 0.394 e. The van der Waals surface area contributed by atoms with Gasteiger partial charge < -0.3 is 10.4 Å². The van der Waals surface area contributed by atoms with E-state index in [1.807, 2.05) is 10.9 Å². The molecule has 1 heterocycles. The van der Waals surface area contributed by atoms with Crippen molar-refractivity contribution in [1.82, 2.24) is 15.1 Å². The molecule has 0 aliphatic heterocycles. The van der Waals surface area contributed by atoms with Crippen LogP contribution in [0.4, 0.5) is 0 Å². The Balaban J connectivity index is 2.05. The molecule has 1 aromatic heterocycles. The van der Waals surface area contributed by atoms with Crippen molar-refractivity contribution >= 4 is 0 Å². The number of aromatic nitrogens is 2. The molecule has 0 fully saturated rings. The Bertz CT molecular complexity index is 430. The average molecular weight is 293 g/mol. The SMILES string of the molecule is CCC(C)CC(CC)NC1CCCc2c1cnn2CCO. The summed E-state index contributed by atoms with van der Waals surface area (Å²) in [5.41, 5.74) is 2.68. The molecule has 3 unspecified atom stereocenters. The van der Waals surface area contributed by atoms with E-state index in [9.17, 15) is 0 Å². The first-order valence-electron chi connectivity index (χ1n) is 8.61. The van der Waals surface area contributed by atoms with Crippen molar-refractivity contribution in [3.8, 4) is 0 Å². The summed E-state index contributed by atoms with van der Waals surface area (Å²) in [7, 11) is 0. The summed E-state index contributed by atoms with van der Waals surface area (Å²) in [6.07, 6.45) is 9.21. The van der Waals surface area contributed by atoms with Gasteiger partial charge in [-0.3, -0.25) is 4.68 Å². The second kappa shape index (κ2) is 7.95. The Morgan fingerprint density at radius 3 is 2.90 bits per heavy atom. The number of hydrogen-bond donors (Lipinski definition) is 2. The number of aliphatic hydroxyl groups is 1. The van der Waals surface area contributed by atoms with E-state index in [2.05, 4.69) is 31.2 Å². The summed E-state index contributed by atoms with van der Waals surface area (Å²) in [5, 5.41) is 17.5. The molecule has 0 aromatic carbocycles. The molecule has 0 amide bonds. The first-order valence-corrected chi connectivity index (χ1v) is 8.61. The monoisotopic (exact) mass is 293 g/mol. The Morgan fingerprint density at radius 1 is 1.43 bits per heavy atom. The van der Waals surface area contributed by atoms with Crippen LogP contribution in [0.3, 0.4) is 0 Å². The fourth-order valence-corrected chi connectivity index (χ4v) is 3.37. The molecule has 1 aromatic rings. The second-order valence-electron chi connectivity index (χ2n) is 6.46. The minimum Gasteiger partial charge on any atom is -0.394 e. The molecule has 1 aliphatic carbocycles. The molecule has 0 spiro atoms. The smallest absolute Gasteiger partial charge is 0.0644 e. The van der Waals surface area contributed by atoms with Crippen molar-refractivity contribution in [2.45, 2.75) is 77.9 Å². The molecular formula is C17H31N3O. The quantitative estimate of drug-likeness (QED) is 0.774. The Hall–Kier alpha value is -0.870. The summed E-state index contributed by atoms with van der Waals surface area (Å²) in [4.78, 5) is 0. The summed E-state index contributed by atoms with van der Waals surface area (Å²) in [6, 6.07) is 1.03. The molecule has 4 heteroatoms. The van der Waals surface area contributed by atoms with Crippen molar-refractivity contribution in [2.24, 2.45) is 5.92 Å². The third kappa shape index (κ3) is 4.07. The molecule has 120 valence electrons. The van der Waals surface area contributed by atoms with Gasteiger partial charge in [-0.1, -0.05) is 27.2 Å². The Labute approximate surface area is 128 Å². The predicted octanol–water partition coefficient (Wildman–Crippen LogP) is 3.06. The highest BCUT2D eigenvalue weighted by atomic mass is 16.3. The first-order chi connectivity index (χ1) is 10.2. The molecule has 3 atom stereocenters. The van der Waals surface area contributed by atoms with E-state index < -0.39 is 0 Å². The lowest BCUT2D eigenvalue weighted by molar-refractivity contribution is 0.265. The van der Waals surface area contributed by atoms with E-state index in [-0.39, 0.29) is 6.61 Å². The molecule has 0 saturated carbocycles. The molecule has 2 N–H and O–H groups in total. The minimum absolute atomic E-state index is 0.164. The van der Waals surface area contributed by atoms with Crippen molar-refractivity contribution in [3.63, 3.8) is 0 Å². The summed E-state index contributed by atoms with van der Waals surface area (Å²) in [5.74, 6) is 0.780. The number of hydrogen-bond acceptors (Lipinski definition) is 3. The van der Waals surface area contributed by atoms with Gasteiger partial charge in [-0.25, -0.2) is 0 Å². The van der Waals surface area contributed by atoms with Crippen molar-refractivity contribution in [3.05, 3.63) is 17.5 Å². The highest BCUT2D eigenvalue weighted by Gasteiger charge is 2.26. The topological polar surface area (TPSA) is 50.1 Å². The maximum absolute atomic E-state index is 9.14. The van der Waals surface area contributed by atoms with E-state index >= 15 is 0 Å². The summed E-state index contributed by atoms with van der Waals surface area (Å²) < 4.78 is 1.98. The fourth-order valence-electron chi connectivity index (χ4n) is 3.37. The van der Waals surface area contributed by atoms with Gasteiger partial charge in [0.2, 0.25) is 0 Å². The molecular weight excluding hydrogens is 262 g/mol. The molecule has 0 saturated heterocycles. The van der Waals surface area contributed by atoms with E-state index in [1.165, 1.54) is 43.4 Å². The molecule has 2 rings (SSSR count). The maximum atomic E-state index is 9.14. The number of nitrogens with zero attached hydrogens (tertiary/aromatic N) is 2. The van der Waals surface area contributed by atoms with Crippen LogP contribution in [0, 0.1) is 5.92 Å². The van der Waals surface area contributed by atoms with E-state index in [0.29, 0.717) is 18.6 Å². The van der Waals surface area contributed by atoms with Crippen molar-refractivity contribution in [1.29, 1.82) is 0 Å². The number of rotatable bonds is 8. The Kier molecular flexibility index (Phi) is 6.24. The van der Waals surface area contributed by atoms with Gasteiger partial charge in [0.1, 0.15) is 0 Å². The van der Waals surface area contributed by atoms with Gasteiger partial charge in [0.05, 0.1) is 19.3 Å². The maximum Gasteiger partial charge on any atom is 0.0644 e. The van der Waals surface area contributed by atoms with Crippen LogP contribution in [0.15, 0.2) is 6.20 Å². The third-order valence-electron chi connectivity index (χ3n) is 4.89. The van der Waals surface area contributed by atoms with Crippen LogP contribution in [-0.4, -0.2) is 27.5 Å². The first kappa shape index (κ1) is 16.5. The van der Waals surface area contributed by atoms with Gasteiger partial charge in [0, 0.05) is 23.3 Å². The van der Waals surface area contributed by atoms with Gasteiger partial charge in [-0.15, -0.1) is 0 Å². The third-order valence-corrected chi connectivity index (χ3v) is 4.89. The highest BCUT2D eigenvalue weighted by molar-refractivity contribution is 5.25. The lowest BCUT2D eigenvalue weighted by Gasteiger charge is -2.30. The van der Waals surface area contributed by atoms with Crippen LogP contribution in [0.25, 0.3) is 0 Å². The van der Waals surface area contributed by atoms with Crippen LogP contribution in [0.5, 0.6) is 0 Å². The predicted molar refractivity (Wildman–Crippen MR) is 86.3 cm³/mol. The molecule has 0 radical (unpaired) electrons. The van der Waals surface area contributed by atoms with Gasteiger partial charge in [-0.2, -0.15) is 5.10 Å². The lowest BCUT2D eigenvalue weighted by Crippen LogP contribution is -2.35. The van der Waals surface area contributed by atoms with Crippen LogP contribution < -0.4 is 5.32 Å². The van der Waals surface area contributed by atoms with Crippen LogP contribution in [0.2, 0.25) is 0 Å². The van der Waals surface area contributed by atoms with Gasteiger partial charge >= 0.3 is 0 Å². The molecule has 21 heavy (non-hydrogen) atoms. The number of aliphatic hydroxyl groups excluding tert-OH is 1. The Morgan fingerprint density at radius 2 is 2.24 bits per heavy atom. The second-order valence-corrected chi connectivity index (χ2v) is 6.46. The summed E-state index contributed by atoms with van der Waals surface area (Å²) >= 11 is 0. The minimum atomic E-state index is 0.164. The van der Waals surface area contributed by atoms with E-state index in [1.54, 1.807) is 0 Å². The van der Waals surface area contributed by atoms with E-state index in [4.69, 9.17) is 5.11 Å². The van der Waals surface area contributed by atoms with Crippen molar-refractivity contribution < 1.29 is 5.11 Å². The zero-order valence-electron chi connectivity index (χ0n) is 13.8. The zero-order chi connectivity index (χ0) is 15.2. The van der Waals surface area contributed by atoms with Crippen LogP contribution in [-0.2, 0) is 13.0 Å². The van der Waals surface area contributed by atoms with Crippen LogP contribution in [0.1, 0.15) is 70.2 Å². The fraction of sp³-hybridized carbons (Fsp3) is 0.824. The number of nitrogens with one attached hydrogen (secondary N) is 1. The van der Waals surface area contributed by atoms with Gasteiger partial charge in [0.15, 0.2) is 0 Å². The molecule has 4 nitrogen and oxygen atoms in total. The lowest BCUT2D eigenvalue weighted by atomic mass is 9.90. The molecule has 1 aliphatic rings. The zero-order valence-corrected chi connectivity index (χ0v) is 13.8. The standard InChI is InChI=1S/C17H31N3O/c1-4-13(3)11-14(5-2)19-16-7-6-8-17-15(16)12-18-20(17)9-10-21/h12-14,16,19,21H,4-11H2,1-3H3. The van der Waals surface area contributed by atoms with Gasteiger partial charge in [0.25, 0.3) is 0 Å². The van der Waals surface area contributed by atoms with Crippen LogP contribution >= 0.6 is 0 Å². The van der Waals surface area contributed by atoms with Gasteiger partial charge in [-0.05, 0) is 38.0 Å². The average Bonchev–Trinajstić information content (AvgIpc) is 2.91. The highest BCUT2D eigenvalue weighted by Crippen LogP contribution is 2.30.